The van der Waals surface area contributed by atoms with Crippen molar-refractivity contribution in [3.8, 4) is 0 Å². The van der Waals surface area contributed by atoms with Crippen molar-refractivity contribution < 1.29 is 9.59 Å². The number of carbonyl (C=O) groups is 2. The molecule has 2 saturated carbocycles. The van der Waals surface area contributed by atoms with E-state index < -0.39 is 0 Å². The molecule has 2 bridgehead atoms. The summed E-state index contributed by atoms with van der Waals surface area (Å²) in [5.41, 5.74) is 1.85. The number of anilines is 1. The fraction of sp³-hybridized carbons (Fsp3) is 0.619. The van der Waals surface area contributed by atoms with Gasteiger partial charge >= 0.3 is 0 Å². The molecule has 4 nitrogen and oxygen atoms in total. The summed E-state index contributed by atoms with van der Waals surface area (Å²) in [6, 6.07) is 7.77. The minimum absolute atomic E-state index is 0.136. The van der Waals surface area contributed by atoms with Crippen LogP contribution in [0.3, 0.4) is 0 Å². The van der Waals surface area contributed by atoms with Crippen LogP contribution in [0.4, 0.5) is 5.69 Å². The Bertz CT molecular complexity index is 654. The minimum atomic E-state index is 0.136. The number of fused-ring (bicyclic) bond motifs is 2. The maximum atomic E-state index is 12.3. The van der Waals surface area contributed by atoms with Crippen LogP contribution in [-0.2, 0) is 16.0 Å². The van der Waals surface area contributed by atoms with Gasteiger partial charge < -0.3 is 10.2 Å². The first-order valence-corrected chi connectivity index (χ1v) is 11.1. The number of carbonyl (C=O) groups excluding carboxylic acids is 2. The van der Waals surface area contributed by atoms with Gasteiger partial charge in [-0.1, -0.05) is 18.6 Å². The van der Waals surface area contributed by atoms with Crippen LogP contribution in [0, 0.1) is 17.8 Å². The molecule has 3 atom stereocenters. The zero-order valence-electron chi connectivity index (χ0n) is 15.3. The fourth-order valence-corrected chi connectivity index (χ4v) is 5.78. The van der Waals surface area contributed by atoms with Gasteiger partial charge in [0.1, 0.15) is 0 Å². The lowest BCUT2D eigenvalue weighted by atomic mass is 9.86. The number of benzene rings is 1. The van der Waals surface area contributed by atoms with Gasteiger partial charge in [-0.25, -0.2) is 0 Å². The number of nitrogens with one attached hydrogen (secondary N) is 1. The second-order valence-electron chi connectivity index (χ2n) is 8.05. The second-order valence-corrected chi connectivity index (χ2v) is 9.28. The van der Waals surface area contributed by atoms with Crippen molar-refractivity contribution in [3.05, 3.63) is 29.8 Å². The first-order valence-electron chi connectivity index (χ1n) is 9.91. The summed E-state index contributed by atoms with van der Waals surface area (Å²) in [6.45, 7) is 1.72. The van der Waals surface area contributed by atoms with Crippen LogP contribution < -0.4 is 5.32 Å². The first kappa shape index (κ1) is 17.9. The van der Waals surface area contributed by atoms with E-state index in [1.807, 2.05) is 40.9 Å². The summed E-state index contributed by atoms with van der Waals surface area (Å²) < 4.78 is 0. The Balaban J connectivity index is 1.26. The van der Waals surface area contributed by atoms with Crippen molar-refractivity contribution in [2.45, 2.75) is 38.5 Å². The van der Waals surface area contributed by atoms with Crippen LogP contribution in [0.2, 0.25) is 0 Å². The van der Waals surface area contributed by atoms with E-state index in [1.54, 1.807) is 0 Å². The third-order valence-electron chi connectivity index (χ3n) is 6.29. The largest absolute Gasteiger partial charge is 0.341 e. The van der Waals surface area contributed by atoms with Crippen LogP contribution in [0.1, 0.15) is 37.7 Å². The molecule has 140 valence electrons. The van der Waals surface area contributed by atoms with Gasteiger partial charge in [0, 0.05) is 36.7 Å². The number of amides is 2. The Morgan fingerprint density at radius 2 is 1.85 bits per heavy atom. The van der Waals surface area contributed by atoms with Crippen LogP contribution in [0.15, 0.2) is 24.3 Å². The van der Waals surface area contributed by atoms with Gasteiger partial charge in [-0.3, -0.25) is 9.59 Å². The molecule has 2 aliphatic carbocycles. The Morgan fingerprint density at radius 3 is 2.50 bits per heavy atom. The van der Waals surface area contributed by atoms with Crippen molar-refractivity contribution in [2.24, 2.45) is 17.8 Å². The van der Waals surface area contributed by atoms with E-state index in [4.69, 9.17) is 0 Å². The molecule has 1 N–H and O–H groups in total. The van der Waals surface area contributed by atoms with E-state index in [-0.39, 0.29) is 11.8 Å². The first-order chi connectivity index (χ1) is 12.7. The molecule has 0 aromatic heterocycles. The monoisotopic (exact) mass is 372 g/mol. The number of hydrogen-bond donors (Lipinski definition) is 1. The van der Waals surface area contributed by atoms with Gasteiger partial charge in [0.05, 0.1) is 6.42 Å². The van der Waals surface area contributed by atoms with Gasteiger partial charge in [-0.05, 0) is 54.7 Å². The fourth-order valence-electron chi connectivity index (χ4n) is 4.88. The third kappa shape index (κ3) is 4.25. The highest BCUT2D eigenvalue weighted by Crippen LogP contribution is 2.49. The summed E-state index contributed by atoms with van der Waals surface area (Å²) in [4.78, 5) is 26.6. The number of hydrogen-bond acceptors (Lipinski definition) is 3. The van der Waals surface area contributed by atoms with Crippen molar-refractivity contribution >= 4 is 29.3 Å². The predicted octanol–water partition coefficient (Wildman–Crippen LogP) is 3.57. The van der Waals surface area contributed by atoms with Gasteiger partial charge in [-0.2, -0.15) is 11.8 Å². The topological polar surface area (TPSA) is 49.4 Å². The molecule has 26 heavy (non-hydrogen) atoms. The average molecular weight is 373 g/mol. The van der Waals surface area contributed by atoms with Crippen LogP contribution in [-0.4, -0.2) is 41.3 Å². The Hall–Kier alpha value is -1.49. The van der Waals surface area contributed by atoms with E-state index in [9.17, 15) is 9.59 Å². The van der Waals surface area contributed by atoms with Gasteiger partial charge in [0.15, 0.2) is 0 Å². The van der Waals surface area contributed by atoms with Gasteiger partial charge in [-0.15, -0.1) is 0 Å². The lowest BCUT2D eigenvalue weighted by molar-refractivity contribution is -0.130. The highest BCUT2D eigenvalue weighted by molar-refractivity contribution is 7.99. The van der Waals surface area contributed by atoms with E-state index in [0.717, 1.165) is 47.7 Å². The molecule has 0 spiro atoms. The zero-order chi connectivity index (χ0) is 17.9. The second kappa shape index (κ2) is 8.03. The summed E-state index contributed by atoms with van der Waals surface area (Å²) in [5.74, 6) is 4.68. The molecule has 4 rings (SSSR count). The van der Waals surface area contributed by atoms with Crippen molar-refractivity contribution in [1.82, 2.24) is 4.90 Å². The van der Waals surface area contributed by atoms with E-state index >= 15 is 0 Å². The van der Waals surface area contributed by atoms with Crippen molar-refractivity contribution in [3.63, 3.8) is 0 Å². The molecule has 1 saturated heterocycles. The maximum Gasteiger partial charge on any atom is 0.227 e. The molecule has 5 heteroatoms. The highest BCUT2D eigenvalue weighted by atomic mass is 32.2. The standard InChI is InChI=1S/C21H28N2O2S/c24-20(14-18-12-16-1-4-17(18)11-16)22-19-5-2-15(3-6-19)13-21(25)23-7-9-26-10-8-23/h2-3,5-6,16-18H,1,4,7-14H2,(H,22,24). The summed E-state index contributed by atoms with van der Waals surface area (Å²) in [7, 11) is 0. The molecule has 0 radical (unpaired) electrons. The number of thioether (sulfide) groups is 1. The molecule has 3 aliphatic rings. The molecule has 1 heterocycles. The highest BCUT2D eigenvalue weighted by Gasteiger charge is 2.40. The normalized spacial score (nSPS) is 27.5. The summed E-state index contributed by atoms with van der Waals surface area (Å²) >= 11 is 1.91. The minimum Gasteiger partial charge on any atom is -0.341 e. The predicted molar refractivity (Wildman–Crippen MR) is 106 cm³/mol. The third-order valence-corrected chi connectivity index (χ3v) is 7.23. The van der Waals surface area contributed by atoms with Crippen LogP contribution in [0.5, 0.6) is 0 Å². The van der Waals surface area contributed by atoms with Crippen molar-refractivity contribution in [2.75, 3.05) is 29.9 Å². The Labute approximate surface area is 160 Å². The van der Waals surface area contributed by atoms with E-state index in [2.05, 4.69) is 5.32 Å². The molecular formula is C21H28N2O2S. The molecule has 1 aromatic carbocycles. The van der Waals surface area contributed by atoms with Crippen LogP contribution >= 0.6 is 11.8 Å². The number of rotatable bonds is 5. The average Bonchev–Trinajstić information content (AvgIpc) is 3.27. The van der Waals surface area contributed by atoms with Gasteiger partial charge in [0.2, 0.25) is 11.8 Å². The molecule has 1 aliphatic heterocycles. The summed E-state index contributed by atoms with van der Waals surface area (Å²) in [6.07, 6.45) is 6.39. The molecule has 3 unspecified atom stereocenters. The number of nitrogens with zero attached hydrogens (tertiary/aromatic N) is 1. The van der Waals surface area contributed by atoms with E-state index in [1.165, 1.54) is 25.7 Å². The molecule has 2 amide bonds. The SMILES string of the molecule is O=C(CC1CC2CCC1C2)Nc1ccc(CC(=O)N2CCSCC2)cc1. The quantitative estimate of drug-likeness (QED) is 0.860. The van der Waals surface area contributed by atoms with Gasteiger partial charge in [0.25, 0.3) is 0 Å². The maximum absolute atomic E-state index is 12.3. The Morgan fingerprint density at radius 1 is 1.08 bits per heavy atom. The Kier molecular flexibility index (Phi) is 5.53. The van der Waals surface area contributed by atoms with Crippen LogP contribution in [0.25, 0.3) is 0 Å². The molecule has 1 aromatic rings. The summed E-state index contributed by atoms with van der Waals surface area (Å²) in [5, 5.41) is 3.04. The lowest BCUT2D eigenvalue weighted by Crippen LogP contribution is -2.38. The zero-order valence-corrected chi connectivity index (χ0v) is 16.1. The molecule has 3 fully saturated rings. The molecular weight excluding hydrogens is 344 g/mol. The lowest BCUT2D eigenvalue weighted by Gasteiger charge is -2.26. The van der Waals surface area contributed by atoms with Crippen molar-refractivity contribution in [1.29, 1.82) is 0 Å². The van der Waals surface area contributed by atoms with E-state index in [0.29, 0.717) is 18.8 Å². The smallest absolute Gasteiger partial charge is 0.227 e.